The minimum Gasteiger partial charge on any atom is -0.490 e. The van der Waals surface area contributed by atoms with Crippen LogP contribution < -0.4 is 15.2 Å². The zero-order valence-corrected chi connectivity index (χ0v) is 9.80. The maximum atomic E-state index is 12.6. The van der Waals surface area contributed by atoms with E-state index < -0.39 is 0 Å². The molecule has 0 aliphatic rings. The summed E-state index contributed by atoms with van der Waals surface area (Å²) in [5, 5.41) is 0. The third-order valence-corrected chi connectivity index (χ3v) is 2.29. The van der Waals surface area contributed by atoms with Gasteiger partial charge in [0.2, 0.25) is 0 Å². The highest BCUT2D eigenvalue weighted by Gasteiger charge is 1.96. The van der Waals surface area contributed by atoms with E-state index in [1.54, 1.807) is 24.3 Å². The number of nitrogens with two attached hydrogens (primary N) is 1. The van der Waals surface area contributed by atoms with Gasteiger partial charge in [0.1, 0.15) is 30.5 Å². The molecular formula is C14H14FNO2. The molecule has 0 bridgehead atoms. The van der Waals surface area contributed by atoms with Gasteiger partial charge in [0.15, 0.2) is 0 Å². The average Bonchev–Trinajstić information content (AvgIpc) is 2.37. The standard InChI is InChI=1S/C14H14FNO2/c15-11-4-6-13(7-5-11)17-8-9-18-14-3-1-2-12(16)10-14/h1-7,10H,8-9,16H2. The Bertz CT molecular complexity index is 499. The molecule has 2 rings (SSSR count). The van der Waals surface area contributed by atoms with Gasteiger partial charge in [0, 0.05) is 11.8 Å². The van der Waals surface area contributed by atoms with Gasteiger partial charge in [-0.2, -0.15) is 0 Å². The van der Waals surface area contributed by atoms with Gasteiger partial charge in [-0.1, -0.05) is 6.07 Å². The zero-order chi connectivity index (χ0) is 12.8. The van der Waals surface area contributed by atoms with E-state index in [9.17, 15) is 4.39 Å². The average molecular weight is 247 g/mol. The minimum absolute atomic E-state index is 0.279. The van der Waals surface area contributed by atoms with Crippen molar-refractivity contribution in [3.63, 3.8) is 0 Å². The maximum Gasteiger partial charge on any atom is 0.123 e. The molecule has 2 aromatic rings. The number of hydrogen-bond donors (Lipinski definition) is 1. The number of benzene rings is 2. The van der Waals surface area contributed by atoms with Crippen molar-refractivity contribution in [2.75, 3.05) is 18.9 Å². The molecule has 0 radical (unpaired) electrons. The summed E-state index contributed by atoms with van der Waals surface area (Å²) < 4.78 is 23.5. The summed E-state index contributed by atoms with van der Waals surface area (Å²) in [6, 6.07) is 13.1. The number of ether oxygens (including phenoxy) is 2. The largest absolute Gasteiger partial charge is 0.490 e. The highest BCUT2D eigenvalue weighted by molar-refractivity contribution is 5.43. The van der Waals surface area contributed by atoms with Gasteiger partial charge >= 0.3 is 0 Å². The van der Waals surface area contributed by atoms with Crippen molar-refractivity contribution in [3.05, 3.63) is 54.3 Å². The molecule has 2 aromatic carbocycles. The fraction of sp³-hybridized carbons (Fsp3) is 0.143. The molecule has 0 unspecified atom stereocenters. The topological polar surface area (TPSA) is 44.5 Å². The molecular weight excluding hydrogens is 233 g/mol. The highest BCUT2D eigenvalue weighted by atomic mass is 19.1. The summed E-state index contributed by atoms with van der Waals surface area (Å²) in [4.78, 5) is 0. The van der Waals surface area contributed by atoms with Crippen LogP contribution in [0.4, 0.5) is 10.1 Å². The molecule has 18 heavy (non-hydrogen) atoms. The molecule has 4 heteroatoms. The van der Waals surface area contributed by atoms with Crippen LogP contribution >= 0.6 is 0 Å². The van der Waals surface area contributed by atoms with E-state index in [0.29, 0.717) is 30.4 Å². The summed E-state index contributed by atoms with van der Waals surface area (Å²) in [6.45, 7) is 0.793. The molecule has 0 heterocycles. The SMILES string of the molecule is Nc1cccc(OCCOc2ccc(F)cc2)c1. The Morgan fingerprint density at radius 1 is 0.889 bits per heavy atom. The van der Waals surface area contributed by atoms with Crippen LogP contribution in [0.5, 0.6) is 11.5 Å². The van der Waals surface area contributed by atoms with Gasteiger partial charge in [-0.25, -0.2) is 4.39 Å². The third kappa shape index (κ3) is 3.66. The molecule has 0 aliphatic carbocycles. The predicted molar refractivity (Wildman–Crippen MR) is 68.2 cm³/mol. The number of hydrogen-bond acceptors (Lipinski definition) is 3. The van der Waals surface area contributed by atoms with E-state index in [4.69, 9.17) is 15.2 Å². The second-order valence-corrected chi connectivity index (χ2v) is 3.72. The van der Waals surface area contributed by atoms with Crippen molar-refractivity contribution in [2.24, 2.45) is 0 Å². The minimum atomic E-state index is -0.279. The first-order chi connectivity index (χ1) is 8.74. The van der Waals surface area contributed by atoms with Crippen LogP contribution in [0.2, 0.25) is 0 Å². The van der Waals surface area contributed by atoms with Crippen molar-refractivity contribution < 1.29 is 13.9 Å². The van der Waals surface area contributed by atoms with Gasteiger partial charge in [-0.3, -0.25) is 0 Å². The Morgan fingerprint density at radius 2 is 1.56 bits per heavy atom. The van der Waals surface area contributed by atoms with Crippen molar-refractivity contribution >= 4 is 5.69 Å². The fourth-order valence-electron chi connectivity index (χ4n) is 1.45. The first-order valence-corrected chi connectivity index (χ1v) is 5.61. The first-order valence-electron chi connectivity index (χ1n) is 5.61. The molecule has 2 N–H and O–H groups in total. The van der Waals surface area contributed by atoms with Gasteiger partial charge in [-0.05, 0) is 36.4 Å². The van der Waals surface area contributed by atoms with Gasteiger partial charge in [0.25, 0.3) is 0 Å². The summed E-state index contributed by atoms with van der Waals surface area (Å²) in [5.41, 5.74) is 6.28. The first kappa shape index (κ1) is 12.2. The normalized spacial score (nSPS) is 10.1. The summed E-state index contributed by atoms with van der Waals surface area (Å²) in [6.07, 6.45) is 0. The molecule has 94 valence electrons. The Balaban J connectivity index is 1.74. The van der Waals surface area contributed by atoms with Gasteiger partial charge in [-0.15, -0.1) is 0 Å². The molecule has 0 atom stereocenters. The summed E-state index contributed by atoms with van der Waals surface area (Å²) >= 11 is 0. The Labute approximate surface area is 105 Å². The van der Waals surface area contributed by atoms with E-state index in [1.165, 1.54) is 12.1 Å². The lowest BCUT2D eigenvalue weighted by molar-refractivity contribution is 0.217. The second kappa shape index (κ2) is 5.91. The Morgan fingerprint density at radius 3 is 2.22 bits per heavy atom. The van der Waals surface area contributed by atoms with Crippen LogP contribution in [0.1, 0.15) is 0 Å². The van der Waals surface area contributed by atoms with E-state index >= 15 is 0 Å². The maximum absolute atomic E-state index is 12.6. The van der Waals surface area contributed by atoms with Crippen molar-refractivity contribution in [2.45, 2.75) is 0 Å². The lowest BCUT2D eigenvalue weighted by Gasteiger charge is -2.08. The quantitative estimate of drug-likeness (QED) is 0.652. The van der Waals surface area contributed by atoms with Crippen molar-refractivity contribution in [1.82, 2.24) is 0 Å². The van der Waals surface area contributed by atoms with E-state index in [0.717, 1.165) is 0 Å². The van der Waals surface area contributed by atoms with E-state index in [1.807, 2.05) is 12.1 Å². The van der Waals surface area contributed by atoms with E-state index in [-0.39, 0.29) is 5.82 Å². The fourth-order valence-corrected chi connectivity index (χ4v) is 1.45. The van der Waals surface area contributed by atoms with Crippen LogP contribution in [0.25, 0.3) is 0 Å². The molecule has 3 nitrogen and oxygen atoms in total. The molecule has 0 amide bonds. The zero-order valence-electron chi connectivity index (χ0n) is 9.80. The third-order valence-electron chi connectivity index (χ3n) is 2.29. The smallest absolute Gasteiger partial charge is 0.123 e. The second-order valence-electron chi connectivity index (χ2n) is 3.72. The van der Waals surface area contributed by atoms with Crippen LogP contribution in [-0.2, 0) is 0 Å². The number of halogens is 1. The molecule has 0 aromatic heterocycles. The van der Waals surface area contributed by atoms with Crippen LogP contribution in [0.3, 0.4) is 0 Å². The van der Waals surface area contributed by atoms with Crippen LogP contribution in [0.15, 0.2) is 48.5 Å². The van der Waals surface area contributed by atoms with Crippen LogP contribution in [-0.4, -0.2) is 13.2 Å². The van der Waals surface area contributed by atoms with Crippen molar-refractivity contribution in [1.29, 1.82) is 0 Å². The summed E-state index contributed by atoms with van der Waals surface area (Å²) in [5.74, 6) is 1.05. The van der Waals surface area contributed by atoms with Crippen LogP contribution in [0, 0.1) is 5.82 Å². The Kier molecular flexibility index (Phi) is 4.02. The summed E-state index contributed by atoms with van der Waals surface area (Å²) in [7, 11) is 0. The number of nitrogen functional groups attached to an aromatic ring is 1. The number of rotatable bonds is 5. The molecule has 0 fully saturated rings. The molecule has 0 saturated carbocycles. The molecule has 0 aliphatic heterocycles. The predicted octanol–water partition coefficient (Wildman–Crippen LogP) is 2.87. The van der Waals surface area contributed by atoms with Gasteiger partial charge in [0.05, 0.1) is 0 Å². The lowest BCUT2D eigenvalue weighted by Crippen LogP contribution is -2.09. The van der Waals surface area contributed by atoms with Crippen molar-refractivity contribution in [3.8, 4) is 11.5 Å². The van der Waals surface area contributed by atoms with E-state index in [2.05, 4.69) is 0 Å². The highest BCUT2D eigenvalue weighted by Crippen LogP contribution is 2.14. The number of anilines is 1. The van der Waals surface area contributed by atoms with Gasteiger partial charge < -0.3 is 15.2 Å². The lowest BCUT2D eigenvalue weighted by atomic mass is 10.3. The monoisotopic (exact) mass is 247 g/mol. The molecule has 0 saturated heterocycles. The molecule has 0 spiro atoms. The Hall–Kier alpha value is -2.23.